The fraction of sp³-hybridized carbons (Fsp3) is 0.923. The summed E-state index contributed by atoms with van der Waals surface area (Å²) < 4.78 is 0. The molecular weight excluding hydrogens is 202 g/mol. The van der Waals surface area contributed by atoms with E-state index in [2.05, 4.69) is 6.92 Å². The summed E-state index contributed by atoms with van der Waals surface area (Å²) in [7, 11) is 0. The molecule has 1 fully saturated rings. The SMILES string of the molecule is CCCCCCCCC(C(=O)O)C1(N)CC1. The summed E-state index contributed by atoms with van der Waals surface area (Å²) in [5.74, 6) is -1.01. The topological polar surface area (TPSA) is 63.3 Å². The molecule has 3 N–H and O–H groups in total. The summed E-state index contributed by atoms with van der Waals surface area (Å²) in [5, 5.41) is 9.11. The van der Waals surface area contributed by atoms with Gasteiger partial charge in [-0.2, -0.15) is 0 Å². The van der Waals surface area contributed by atoms with Crippen molar-refractivity contribution in [2.24, 2.45) is 11.7 Å². The highest BCUT2D eigenvalue weighted by Gasteiger charge is 2.48. The van der Waals surface area contributed by atoms with Crippen LogP contribution in [0, 0.1) is 5.92 Å². The largest absolute Gasteiger partial charge is 0.481 e. The van der Waals surface area contributed by atoms with Gasteiger partial charge in [0.25, 0.3) is 0 Å². The minimum absolute atomic E-state index is 0.307. The van der Waals surface area contributed by atoms with Crippen LogP contribution in [0.2, 0.25) is 0 Å². The second-order valence-corrected chi connectivity index (χ2v) is 5.18. The van der Waals surface area contributed by atoms with Gasteiger partial charge in [-0.3, -0.25) is 4.79 Å². The van der Waals surface area contributed by atoms with Crippen molar-refractivity contribution in [2.45, 2.75) is 70.3 Å². The van der Waals surface area contributed by atoms with Crippen LogP contribution in [0.5, 0.6) is 0 Å². The fourth-order valence-electron chi connectivity index (χ4n) is 2.28. The van der Waals surface area contributed by atoms with Gasteiger partial charge >= 0.3 is 5.97 Å². The van der Waals surface area contributed by atoms with Crippen LogP contribution in [0.4, 0.5) is 0 Å². The molecule has 0 radical (unpaired) electrons. The second-order valence-electron chi connectivity index (χ2n) is 5.18. The lowest BCUT2D eigenvalue weighted by atomic mass is 9.91. The third kappa shape index (κ3) is 4.12. The van der Waals surface area contributed by atoms with Crippen LogP contribution in [0.3, 0.4) is 0 Å². The molecule has 0 aromatic rings. The standard InChI is InChI=1S/C13H25NO2/c1-2-3-4-5-6-7-8-11(12(15)16)13(14)9-10-13/h11H,2-10,14H2,1H3,(H,15,16). The van der Waals surface area contributed by atoms with Crippen LogP contribution in [0.25, 0.3) is 0 Å². The van der Waals surface area contributed by atoms with Crippen LogP contribution in [0.1, 0.15) is 64.7 Å². The van der Waals surface area contributed by atoms with Crippen molar-refractivity contribution in [1.29, 1.82) is 0 Å². The molecular formula is C13H25NO2. The Labute approximate surface area is 98.4 Å². The van der Waals surface area contributed by atoms with E-state index >= 15 is 0 Å². The number of carboxylic acids is 1. The Bertz CT molecular complexity index is 224. The normalized spacial score (nSPS) is 19.4. The molecule has 0 bridgehead atoms. The van der Waals surface area contributed by atoms with Crippen LogP contribution >= 0.6 is 0 Å². The monoisotopic (exact) mass is 227 g/mol. The van der Waals surface area contributed by atoms with E-state index in [-0.39, 0.29) is 11.5 Å². The van der Waals surface area contributed by atoms with Gasteiger partial charge in [-0.15, -0.1) is 0 Å². The average molecular weight is 227 g/mol. The number of aliphatic carboxylic acids is 1. The van der Waals surface area contributed by atoms with Gasteiger partial charge in [0.2, 0.25) is 0 Å². The zero-order valence-electron chi connectivity index (χ0n) is 10.4. The van der Waals surface area contributed by atoms with E-state index in [9.17, 15) is 4.79 Å². The van der Waals surface area contributed by atoms with Gasteiger partial charge in [-0.05, 0) is 19.3 Å². The lowest BCUT2D eigenvalue weighted by molar-refractivity contribution is -0.143. The zero-order valence-corrected chi connectivity index (χ0v) is 10.4. The van der Waals surface area contributed by atoms with Crippen LogP contribution in [-0.2, 0) is 4.79 Å². The molecule has 1 aliphatic rings. The van der Waals surface area contributed by atoms with Gasteiger partial charge in [0.05, 0.1) is 5.92 Å². The lowest BCUT2D eigenvalue weighted by Crippen LogP contribution is -2.37. The molecule has 16 heavy (non-hydrogen) atoms. The molecule has 0 aliphatic heterocycles. The Morgan fingerprint density at radius 3 is 2.31 bits per heavy atom. The molecule has 0 aromatic heterocycles. The predicted molar refractivity (Wildman–Crippen MR) is 65.3 cm³/mol. The smallest absolute Gasteiger partial charge is 0.308 e. The molecule has 94 valence electrons. The maximum absolute atomic E-state index is 11.1. The van der Waals surface area contributed by atoms with Gasteiger partial charge in [0.15, 0.2) is 0 Å². The summed E-state index contributed by atoms with van der Waals surface area (Å²) in [4.78, 5) is 11.1. The van der Waals surface area contributed by atoms with Gasteiger partial charge in [-0.25, -0.2) is 0 Å². The molecule has 0 saturated heterocycles. The first-order valence-corrected chi connectivity index (χ1v) is 6.62. The summed E-state index contributed by atoms with van der Waals surface area (Å²) in [5.41, 5.74) is 5.61. The van der Waals surface area contributed by atoms with Crippen molar-refractivity contribution in [2.75, 3.05) is 0 Å². The third-order valence-corrected chi connectivity index (χ3v) is 3.67. The fourth-order valence-corrected chi connectivity index (χ4v) is 2.28. The number of rotatable bonds is 9. The van der Waals surface area contributed by atoms with Gasteiger partial charge < -0.3 is 10.8 Å². The van der Waals surface area contributed by atoms with E-state index < -0.39 is 5.97 Å². The highest BCUT2D eigenvalue weighted by molar-refractivity contribution is 5.72. The minimum Gasteiger partial charge on any atom is -0.481 e. The Morgan fingerprint density at radius 1 is 1.25 bits per heavy atom. The second kappa shape index (κ2) is 6.24. The zero-order chi connectivity index (χ0) is 12.0. The summed E-state index contributed by atoms with van der Waals surface area (Å²) in [6, 6.07) is 0. The number of hydrogen-bond acceptors (Lipinski definition) is 2. The van der Waals surface area contributed by atoms with E-state index in [1.54, 1.807) is 0 Å². The molecule has 1 atom stereocenters. The van der Waals surface area contributed by atoms with Gasteiger partial charge in [-0.1, -0.05) is 45.4 Å². The molecule has 1 unspecified atom stereocenters. The molecule has 0 amide bonds. The minimum atomic E-state index is -0.700. The van der Waals surface area contributed by atoms with Crippen LogP contribution in [0.15, 0.2) is 0 Å². The first-order chi connectivity index (χ1) is 7.60. The summed E-state index contributed by atoms with van der Waals surface area (Å²) >= 11 is 0. The first-order valence-electron chi connectivity index (χ1n) is 6.62. The molecule has 0 spiro atoms. The molecule has 1 aliphatic carbocycles. The van der Waals surface area contributed by atoms with Crippen molar-refractivity contribution < 1.29 is 9.90 Å². The highest BCUT2D eigenvalue weighted by Crippen LogP contribution is 2.42. The molecule has 1 rings (SSSR count). The molecule has 0 heterocycles. The van der Waals surface area contributed by atoms with Crippen molar-refractivity contribution in [1.82, 2.24) is 0 Å². The first kappa shape index (κ1) is 13.5. The summed E-state index contributed by atoms with van der Waals surface area (Å²) in [6.45, 7) is 2.20. The lowest BCUT2D eigenvalue weighted by Gasteiger charge is -2.18. The van der Waals surface area contributed by atoms with E-state index in [4.69, 9.17) is 10.8 Å². The third-order valence-electron chi connectivity index (χ3n) is 3.67. The van der Waals surface area contributed by atoms with E-state index in [0.29, 0.717) is 0 Å². The van der Waals surface area contributed by atoms with Crippen molar-refractivity contribution in [3.05, 3.63) is 0 Å². The van der Waals surface area contributed by atoms with Gasteiger partial charge in [0, 0.05) is 5.54 Å². The Kier molecular flexibility index (Phi) is 5.26. The van der Waals surface area contributed by atoms with Gasteiger partial charge in [0.1, 0.15) is 0 Å². The number of unbranched alkanes of at least 4 members (excludes halogenated alkanes) is 5. The van der Waals surface area contributed by atoms with E-state index in [1.807, 2.05) is 0 Å². The summed E-state index contributed by atoms with van der Waals surface area (Å²) in [6.07, 6.45) is 9.77. The molecule has 0 aromatic carbocycles. The molecule has 3 nitrogen and oxygen atoms in total. The maximum atomic E-state index is 11.1. The van der Waals surface area contributed by atoms with Crippen LogP contribution in [-0.4, -0.2) is 16.6 Å². The molecule has 1 saturated carbocycles. The predicted octanol–water partition coefficient (Wildman–Crippen LogP) is 2.93. The Hall–Kier alpha value is -0.570. The van der Waals surface area contributed by atoms with E-state index in [1.165, 1.54) is 25.7 Å². The number of nitrogens with two attached hydrogens (primary N) is 1. The Morgan fingerprint density at radius 2 is 1.81 bits per heavy atom. The van der Waals surface area contributed by atoms with Crippen LogP contribution < -0.4 is 5.73 Å². The highest BCUT2D eigenvalue weighted by atomic mass is 16.4. The van der Waals surface area contributed by atoms with Crippen molar-refractivity contribution in [3.8, 4) is 0 Å². The van der Waals surface area contributed by atoms with E-state index in [0.717, 1.165) is 32.1 Å². The van der Waals surface area contributed by atoms with Crippen molar-refractivity contribution >= 4 is 5.97 Å². The Balaban J connectivity index is 2.12. The average Bonchev–Trinajstić information content (AvgIpc) is 2.95. The quantitative estimate of drug-likeness (QED) is 0.595. The van der Waals surface area contributed by atoms with Crippen molar-refractivity contribution in [3.63, 3.8) is 0 Å². The maximum Gasteiger partial charge on any atom is 0.308 e. The number of carbonyl (C=O) groups is 1. The number of hydrogen-bond donors (Lipinski definition) is 2. The number of carboxylic acid groups (broad SMARTS) is 1. The molecule has 3 heteroatoms.